The van der Waals surface area contributed by atoms with Gasteiger partial charge < -0.3 is 19.3 Å². The summed E-state index contributed by atoms with van der Waals surface area (Å²) in [6.45, 7) is 0.996. The average molecular weight is 402 g/mol. The Balaban J connectivity index is 1.70. The van der Waals surface area contributed by atoms with Gasteiger partial charge in [-0.3, -0.25) is 0 Å². The normalized spacial score (nSPS) is 12.2. The van der Waals surface area contributed by atoms with Crippen molar-refractivity contribution in [3.63, 3.8) is 0 Å². The molecule has 1 aromatic heterocycles. The molecule has 130 valence electrons. The Morgan fingerprint density at radius 3 is 2.72 bits per heavy atom. The van der Waals surface area contributed by atoms with E-state index in [1.165, 1.54) is 0 Å². The zero-order valence-corrected chi connectivity index (χ0v) is 15.6. The van der Waals surface area contributed by atoms with Crippen LogP contribution in [-0.2, 0) is 16.1 Å². The molecular weight excluding hydrogens is 382 g/mol. The number of hydrogen-bond donors (Lipinski definition) is 1. The van der Waals surface area contributed by atoms with E-state index in [2.05, 4.69) is 27.0 Å². The second-order valence-corrected chi connectivity index (χ2v) is 6.81. The van der Waals surface area contributed by atoms with Crippen LogP contribution in [0.2, 0.25) is 0 Å². The van der Waals surface area contributed by atoms with Crippen molar-refractivity contribution in [1.82, 2.24) is 4.98 Å². The first-order chi connectivity index (χ1) is 12.2. The molecule has 0 radical (unpaired) electrons. The second kappa shape index (κ2) is 8.32. The van der Waals surface area contributed by atoms with Crippen LogP contribution in [0.1, 0.15) is 23.5 Å². The van der Waals surface area contributed by atoms with Crippen molar-refractivity contribution in [2.75, 3.05) is 13.7 Å². The zero-order valence-electron chi connectivity index (χ0n) is 14.0. The number of H-pyrrole nitrogens is 1. The molecule has 0 aliphatic heterocycles. The first-order valence-corrected chi connectivity index (χ1v) is 8.91. The van der Waals surface area contributed by atoms with E-state index in [0.29, 0.717) is 19.6 Å². The monoisotopic (exact) mass is 401 g/mol. The molecule has 0 saturated carbocycles. The molecule has 1 heterocycles. The van der Waals surface area contributed by atoms with Gasteiger partial charge in [0.1, 0.15) is 12.0 Å². The number of methoxy groups -OCH3 is 1. The number of ether oxygens (including phenoxy) is 2. The first-order valence-electron chi connectivity index (χ1n) is 8.12. The van der Waals surface area contributed by atoms with Crippen LogP contribution in [-0.4, -0.2) is 25.0 Å². The Hall–Kier alpha value is -2.11. The fourth-order valence-electron chi connectivity index (χ4n) is 2.89. The number of carbonyl (C=O) groups excluding carboxylic acids is 1. The third-order valence-corrected chi connectivity index (χ3v) is 4.74. The quantitative estimate of drug-likeness (QED) is 0.550. The molecule has 0 unspecified atom stereocenters. The maximum Gasteiger partial charge on any atom is 0.120 e. The molecule has 0 fully saturated rings. The fourth-order valence-corrected chi connectivity index (χ4v) is 3.26. The van der Waals surface area contributed by atoms with Gasteiger partial charge in [0.15, 0.2) is 0 Å². The minimum Gasteiger partial charge on any atom is -0.497 e. The molecule has 4 nitrogen and oxygen atoms in total. The third kappa shape index (κ3) is 4.30. The molecule has 0 aliphatic rings. The summed E-state index contributed by atoms with van der Waals surface area (Å²) in [5, 5.41) is 1.12. The van der Waals surface area contributed by atoms with Crippen molar-refractivity contribution in [3.8, 4) is 5.75 Å². The van der Waals surface area contributed by atoms with Gasteiger partial charge in [0.25, 0.3) is 0 Å². The standard InChI is InChI=1S/C20H20BrNO3/c1-24-17-5-2-14(3-6-17)12-25-13-15(8-9-23)19-11-22-20-7-4-16(21)10-18(19)20/h2-7,9-11,15,22H,8,12-13H2,1H3/t15-/m0/s1. The highest BCUT2D eigenvalue weighted by Gasteiger charge is 2.16. The van der Waals surface area contributed by atoms with E-state index >= 15 is 0 Å². The largest absolute Gasteiger partial charge is 0.497 e. The summed E-state index contributed by atoms with van der Waals surface area (Å²) >= 11 is 3.51. The number of carbonyl (C=O) groups is 1. The Morgan fingerprint density at radius 1 is 1.20 bits per heavy atom. The highest BCUT2D eigenvalue weighted by molar-refractivity contribution is 9.10. The minimum atomic E-state index is 0.0267. The van der Waals surface area contributed by atoms with Gasteiger partial charge in [-0.2, -0.15) is 0 Å². The van der Waals surface area contributed by atoms with Crippen LogP contribution < -0.4 is 4.74 Å². The number of hydrogen-bond acceptors (Lipinski definition) is 3. The first kappa shape index (κ1) is 17.7. The molecule has 3 aromatic rings. The molecule has 0 bridgehead atoms. The van der Waals surface area contributed by atoms with Gasteiger partial charge >= 0.3 is 0 Å². The number of aromatic nitrogens is 1. The van der Waals surface area contributed by atoms with Gasteiger partial charge in [0, 0.05) is 33.9 Å². The SMILES string of the molecule is COc1ccc(COC[C@H](CC=O)c2c[nH]c3ccc(Br)cc23)cc1. The van der Waals surface area contributed by atoms with Crippen molar-refractivity contribution in [3.05, 3.63) is 64.3 Å². The van der Waals surface area contributed by atoms with Crippen molar-refractivity contribution in [1.29, 1.82) is 0 Å². The summed E-state index contributed by atoms with van der Waals surface area (Å²) in [6, 6.07) is 13.9. The third-order valence-electron chi connectivity index (χ3n) is 4.24. The van der Waals surface area contributed by atoms with Gasteiger partial charge in [0.2, 0.25) is 0 Å². The predicted octanol–water partition coefficient (Wildman–Crippen LogP) is 4.83. The lowest BCUT2D eigenvalue weighted by molar-refractivity contribution is -0.108. The topological polar surface area (TPSA) is 51.3 Å². The van der Waals surface area contributed by atoms with Crippen LogP contribution >= 0.6 is 15.9 Å². The van der Waals surface area contributed by atoms with Crippen LogP contribution in [0.15, 0.2) is 53.1 Å². The van der Waals surface area contributed by atoms with Crippen molar-refractivity contribution < 1.29 is 14.3 Å². The molecule has 0 amide bonds. The molecule has 2 aromatic carbocycles. The Morgan fingerprint density at radius 2 is 2.00 bits per heavy atom. The number of halogens is 1. The Labute approximate surface area is 155 Å². The second-order valence-electron chi connectivity index (χ2n) is 5.90. The Kier molecular flexibility index (Phi) is 5.89. The van der Waals surface area contributed by atoms with E-state index in [4.69, 9.17) is 9.47 Å². The number of fused-ring (bicyclic) bond motifs is 1. The Bertz CT molecular complexity index is 842. The van der Waals surface area contributed by atoms with Crippen molar-refractivity contribution >= 4 is 33.1 Å². The lowest BCUT2D eigenvalue weighted by Crippen LogP contribution is -2.08. The zero-order chi connectivity index (χ0) is 17.6. The van der Waals surface area contributed by atoms with Gasteiger partial charge in [-0.1, -0.05) is 28.1 Å². The molecule has 0 spiro atoms. The van der Waals surface area contributed by atoms with Gasteiger partial charge in [-0.15, -0.1) is 0 Å². The smallest absolute Gasteiger partial charge is 0.120 e. The molecular formula is C20H20BrNO3. The molecule has 3 rings (SSSR count). The molecule has 1 N–H and O–H groups in total. The van der Waals surface area contributed by atoms with E-state index < -0.39 is 0 Å². The number of aldehydes is 1. The van der Waals surface area contributed by atoms with E-state index in [1.54, 1.807) is 7.11 Å². The highest BCUT2D eigenvalue weighted by Crippen LogP contribution is 2.30. The van der Waals surface area contributed by atoms with Crippen LogP contribution in [0, 0.1) is 0 Å². The summed E-state index contributed by atoms with van der Waals surface area (Å²) in [7, 11) is 1.65. The molecule has 25 heavy (non-hydrogen) atoms. The van der Waals surface area contributed by atoms with Crippen molar-refractivity contribution in [2.24, 2.45) is 0 Å². The van der Waals surface area contributed by atoms with Gasteiger partial charge in [0.05, 0.1) is 20.3 Å². The van der Waals surface area contributed by atoms with Crippen LogP contribution in [0.3, 0.4) is 0 Å². The number of nitrogens with one attached hydrogen (secondary N) is 1. The van der Waals surface area contributed by atoms with Gasteiger partial charge in [-0.25, -0.2) is 0 Å². The number of rotatable bonds is 8. The fraction of sp³-hybridized carbons (Fsp3) is 0.250. The molecule has 0 aliphatic carbocycles. The van der Waals surface area contributed by atoms with E-state index in [9.17, 15) is 4.79 Å². The lowest BCUT2D eigenvalue weighted by Gasteiger charge is -2.14. The van der Waals surface area contributed by atoms with Crippen LogP contribution in [0.5, 0.6) is 5.75 Å². The summed E-state index contributed by atoms with van der Waals surface area (Å²) < 4.78 is 12.1. The van der Waals surface area contributed by atoms with E-state index in [-0.39, 0.29) is 5.92 Å². The molecule has 0 saturated heterocycles. The van der Waals surface area contributed by atoms with Crippen molar-refractivity contribution in [2.45, 2.75) is 18.9 Å². The van der Waals surface area contributed by atoms with E-state index in [1.807, 2.05) is 42.6 Å². The number of benzene rings is 2. The highest BCUT2D eigenvalue weighted by atomic mass is 79.9. The summed E-state index contributed by atoms with van der Waals surface area (Å²) in [6.07, 6.45) is 3.36. The van der Waals surface area contributed by atoms with Crippen LogP contribution in [0.4, 0.5) is 0 Å². The lowest BCUT2D eigenvalue weighted by atomic mass is 9.96. The predicted molar refractivity (Wildman–Crippen MR) is 102 cm³/mol. The summed E-state index contributed by atoms with van der Waals surface area (Å²) in [5.41, 5.74) is 3.25. The summed E-state index contributed by atoms with van der Waals surface area (Å²) in [5.74, 6) is 0.853. The van der Waals surface area contributed by atoms with E-state index in [0.717, 1.165) is 38.5 Å². The molecule has 5 heteroatoms. The minimum absolute atomic E-state index is 0.0267. The maximum absolute atomic E-state index is 11.1. The van der Waals surface area contributed by atoms with Crippen LogP contribution in [0.25, 0.3) is 10.9 Å². The maximum atomic E-state index is 11.1. The number of aromatic amines is 1. The summed E-state index contributed by atoms with van der Waals surface area (Å²) in [4.78, 5) is 14.4. The van der Waals surface area contributed by atoms with Gasteiger partial charge in [-0.05, 0) is 41.5 Å². The average Bonchev–Trinajstić information content (AvgIpc) is 3.04. The molecule has 1 atom stereocenters.